The van der Waals surface area contributed by atoms with Crippen molar-refractivity contribution in [3.05, 3.63) is 127 Å². The average molecular weight is 508 g/mol. The molecule has 0 aliphatic carbocycles. The first-order valence-electron chi connectivity index (χ1n) is 11.8. The van der Waals surface area contributed by atoms with Crippen LogP contribution in [-0.2, 0) is 6.18 Å². The fourth-order valence-electron chi connectivity index (χ4n) is 4.36. The summed E-state index contributed by atoms with van der Waals surface area (Å²) in [6, 6.07) is 38.1. The Bertz CT molecular complexity index is 1630. The van der Waals surface area contributed by atoms with E-state index in [0.717, 1.165) is 61.6 Å². The molecule has 1 heterocycles. The number of alkyl halides is 3. The van der Waals surface area contributed by atoms with E-state index in [2.05, 4.69) is 54.6 Å². The smallest absolute Gasteiger partial charge is 0.236 e. The highest BCUT2D eigenvalue weighted by molar-refractivity contribution is 7.21. The molecule has 0 radical (unpaired) electrons. The zero-order valence-electron chi connectivity index (χ0n) is 19.5. The Morgan fingerprint density at radius 2 is 0.838 bits per heavy atom. The van der Waals surface area contributed by atoms with Gasteiger partial charge in [-0.3, -0.25) is 0 Å². The molecular weight excluding hydrogens is 487 g/mol. The maximum absolute atomic E-state index is 12.8. The first-order valence-corrected chi connectivity index (χ1v) is 12.6. The summed E-state index contributed by atoms with van der Waals surface area (Å²) in [5, 5.41) is 1.02. The van der Waals surface area contributed by atoms with Crippen LogP contribution in [0.5, 0.6) is 0 Å². The van der Waals surface area contributed by atoms with E-state index >= 15 is 0 Å². The molecule has 180 valence electrons. The van der Waals surface area contributed by atoms with Crippen LogP contribution in [0.25, 0.3) is 54.2 Å². The minimum Gasteiger partial charge on any atom is -0.236 e. The third-order valence-electron chi connectivity index (χ3n) is 6.41. The first kappa shape index (κ1) is 23.2. The number of fused-ring (bicyclic) bond motifs is 1. The molecule has 6 aromatic rings. The van der Waals surface area contributed by atoms with Gasteiger partial charge in [0.1, 0.15) is 5.01 Å². The van der Waals surface area contributed by atoms with Crippen LogP contribution in [0.15, 0.2) is 121 Å². The van der Waals surface area contributed by atoms with E-state index in [0.29, 0.717) is 0 Å². The van der Waals surface area contributed by atoms with Gasteiger partial charge in [-0.15, -0.1) is 11.3 Å². The third-order valence-corrected chi connectivity index (χ3v) is 7.49. The highest BCUT2D eigenvalue weighted by Crippen LogP contribution is 2.33. The van der Waals surface area contributed by atoms with Crippen molar-refractivity contribution < 1.29 is 13.2 Å². The second-order valence-electron chi connectivity index (χ2n) is 8.79. The lowest BCUT2D eigenvalue weighted by Crippen LogP contribution is -2.03. The number of thiazole rings is 1. The Hall–Kier alpha value is -4.22. The van der Waals surface area contributed by atoms with Crippen LogP contribution in [0, 0.1) is 0 Å². The van der Waals surface area contributed by atoms with Gasteiger partial charge in [0.05, 0.1) is 15.8 Å². The SMILES string of the molecule is FC(F)(F)c1ccc(-c2ccc(-c3ccc(-c4ccc(-c5nc6ccccc6s5)cc4)cc3)cc2)cc1. The lowest BCUT2D eigenvalue weighted by molar-refractivity contribution is -0.137. The fourth-order valence-corrected chi connectivity index (χ4v) is 5.33. The maximum atomic E-state index is 12.8. The number of halogens is 3. The van der Waals surface area contributed by atoms with E-state index in [1.165, 1.54) is 16.8 Å². The van der Waals surface area contributed by atoms with Gasteiger partial charge >= 0.3 is 6.18 Å². The Kier molecular flexibility index (Phi) is 5.85. The molecule has 0 atom stereocenters. The Morgan fingerprint density at radius 1 is 0.459 bits per heavy atom. The van der Waals surface area contributed by atoms with Gasteiger partial charge in [0, 0.05) is 5.56 Å². The van der Waals surface area contributed by atoms with Crippen molar-refractivity contribution in [1.29, 1.82) is 0 Å². The summed E-state index contributed by atoms with van der Waals surface area (Å²) in [5.41, 5.74) is 7.51. The lowest BCUT2D eigenvalue weighted by atomic mass is 9.97. The second kappa shape index (κ2) is 9.34. The summed E-state index contributed by atoms with van der Waals surface area (Å²) in [6.07, 6.45) is -4.33. The Morgan fingerprint density at radius 3 is 1.24 bits per heavy atom. The Labute approximate surface area is 216 Å². The molecule has 0 saturated carbocycles. The van der Waals surface area contributed by atoms with Crippen LogP contribution in [0.2, 0.25) is 0 Å². The highest BCUT2D eigenvalue weighted by atomic mass is 32.1. The zero-order valence-corrected chi connectivity index (χ0v) is 20.4. The van der Waals surface area contributed by atoms with Crippen LogP contribution in [0.4, 0.5) is 13.2 Å². The molecular formula is C32H20F3NS. The van der Waals surface area contributed by atoms with E-state index in [-0.39, 0.29) is 0 Å². The van der Waals surface area contributed by atoms with E-state index in [9.17, 15) is 13.2 Å². The quantitative estimate of drug-likeness (QED) is 0.231. The molecule has 0 saturated heterocycles. The second-order valence-corrected chi connectivity index (χ2v) is 9.82. The number of hydrogen-bond acceptors (Lipinski definition) is 2. The monoisotopic (exact) mass is 507 g/mol. The molecule has 0 bridgehead atoms. The molecule has 5 aromatic carbocycles. The molecule has 1 aromatic heterocycles. The summed E-state index contributed by atoms with van der Waals surface area (Å²) in [4.78, 5) is 4.74. The van der Waals surface area contributed by atoms with Crippen molar-refractivity contribution in [3.8, 4) is 44.0 Å². The summed E-state index contributed by atoms with van der Waals surface area (Å²) < 4.78 is 39.7. The van der Waals surface area contributed by atoms with Gasteiger partial charge in [-0.25, -0.2) is 4.98 Å². The predicted octanol–water partition coefficient (Wildman–Crippen LogP) is 9.98. The zero-order chi connectivity index (χ0) is 25.4. The van der Waals surface area contributed by atoms with Gasteiger partial charge in [-0.1, -0.05) is 97.1 Å². The molecule has 1 nitrogen and oxygen atoms in total. The van der Waals surface area contributed by atoms with Gasteiger partial charge in [-0.2, -0.15) is 13.2 Å². The van der Waals surface area contributed by atoms with E-state index in [1.807, 2.05) is 42.5 Å². The topological polar surface area (TPSA) is 12.9 Å². The average Bonchev–Trinajstić information content (AvgIpc) is 3.38. The van der Waals surface area contributed by atoms with Crippen molar-refractivity contribution >= 4 is 21.6 Å². The number of rotatable bonds is 4. The molecule has 6 rings (SSSR count). The molecule has 37 heavy (non-hydrogen) atoms. The minimum absolute atomic E-state index is 0.639. The van der Waals surface area contributed by atoms with Crippen LogP contribution < -0.4 is 0 Å². The molecule has 0 N–H and O–H groups in total. The number of nitrogens with zero attached hydrogens (tertiary/aromatic N) is 1. The highest BCUT2D eigenvalue weighted by Gasteiger charge is 2.29. The third kappa shape index (κ3) is 4.78. The van der Waals surface area contributed by atoms with Crippen molar-refractivity contribution in [2.45, 2.75) is 6.18 Å². The molecule has 5 heteroatoms. The van der Waals surface area contributed by atoms with Gasteiger partial charge < -0.3 is 0 Å². The van der Waals surface area contributed by atoms with Gasteiger partial charge in [0.15, 0.2) is 0 Å². The largest absolute Gasteiger partial charge is 0.416 e. The number of aromatic nitrogens is 1. The Balaban J connectivity index is 1.18. The van der Waals surface area contributed by atoms with Gasteiger partial charge in [0.25, 0.3) is 0 Å². The summed E-state index contributed by atoms with van der Waals surface area (Å²) in [6.45, 7) is 0. The van der Waals surface area contributed by atoms with Crippen molar-refractivity contribution in [2.75, 3.05) is 0 Å². The van der Waals surface area contributed by atoms with E-state index < -0.39 is 11.7 Å². The van der Waals surface area contributed by atoms with Gasteiger partial charge in [0.2, 0.25) is 0 Å². The summed E-state index contributed by atoms with van der Waals surface area (Å²) >= 11 is 1.70. The summed E-state index contributed by atoms with van der Waals surface area (Å²) in [7, 11) is 0. The first-order chi connectivity index (χ1) is 17.9. The van der Waals surface area contributed by atoms with Crippen LogP contribution in [0.1, 0.15) is 5.56 Å². The number of para-hydroxylation sites is 1. The van der Waals surface area contributed by atoms with Crippen LogP contribution in [0.3, 0.4) is 0 Å². The van der Waals surface area contributed by atoms with Gasteiger partial charge in [-0.05, 0) is 57.6 Å². The minimum atomic E-state index is -4.33. The van der Waals surface area contributed by atoms with Crippen molar-refractivity contribution in [3.63, 3.8) is 0 Å². The molecule has 0 aliphatic heterocycles. The van der Waals surface area contributed by atoms with Crippen molar-refractivity contribution in [1.82, 2.24) is 4.98 Å². The summed E-state index contributed by atoms with van der Waals surface area (Å²) in [5.74, 6) is 0. The lowest BCUT2D eigenvalue weighted by Gasteiger charge is -2.09. The molecule has 0 spiro atoms. The number of benzene rings is 5. The van der Waals surface area contributed by atoms with E-state index in [4.69, 9.17) is 4.98 Å². The predicted molar refractivity (Wildman–Crippen MR) is 146 cm³/mol. The van der Waals surface area contributed by atoms with Crippen molar-refractivity contribution in [2.24, 2.45) is 0 Å². The fraction of sp³-hybridized carbons (Fsp3) is 0.0312. The van der Waals surface area contributed by atoms with Crippen LogP contribution in [-0.4, -0.2) is 4.98 Å². The normalized spacial score (nSPS) is 11.6. The molecule has 0 unspecified atom stereocenters. The van der Waals surface area contributed by atoms with Crippen LogP contribution >= 0.6 is 11.3 Å². The molecule has 0 aliphatic rings. The molecule has 0 fully saturated rings. The number of hydrogen-bond donors (Lipinski definition) is 0. The standard InChI is InChI=1S/C32H20F3NS/c33-32(34,35)28-19-17-26(18-20-28)24-11-9-22(10-12-24)21-5-7-23(8-6-21)25-13-15-27(16-14-25)31-36-29-3-1-2-4-30(29)37-31/h1-20H. The maximum Gasteiger partial charge on any atom is 0.416 e. The van der Waals surface area contributed by atoms with E-state index in [1.54, 1.807) is 11.3 Å². The molecule has 0 amide bonds.